The molecule has 4 saturated heterocycles. The van der Waals surface area contributed by atoms with Crippen molar-refractivity contribution in [3.63, 3.8) is 0 Å². The zero-order chi connectivity index (χ0) is 22.6. The van der Waals surface area contributed by atoms with E-state index >= 15 is 0 Å². The molecule has 0 saturated carbocycles. The highest BCUT2D eigenvalue weighted by Gasteiger charge is 2.42. The highest BCUT2D eigenvalue weighted by molar-refractivity contribution is 5.90. The summed E-state index contributed by atoms with van der Waals surface area (Å²) in [6.45, 7) is 3.01. The fraction of sp³-hybridized carbons (Fsp3) is 0.500. The average molecular weight is 460 g/mol. The van der Waals surface area contributed by atoms with Gasteiger partial charge in [-0.3, -0.25) is 0 Å². The number of anilines is 2. The summed E-state index contributed by atoms with van der Waals surface area (Å²) < 4.78 is 17.0. The average Bonchev–Trinajstić information content (AvgIpc) is 3.28. The maximum atomic E-state index is 5.87. The zero-order valence-electron chi connectivity index (χ0n) is 19.4. The number of nitrogens with zero attached hydrogens (tertiary/aromatic N) is 5. The maximum Gasteiger partial charge on any atom is 0.230 e. The van der Waals surface area contributed by atoms with Crippen LogP contribution in [0.15, 0.2) is 36.4 Å². The molecule has 4 bridgehead atoms. The molecule has 4 aliphatic heterocycles. The molecule has 4 aliphatic rings. The van der Waals surface area contributed by atoms with Crippen LogP contribution in [0.25, 0.3) is 22.3 Å². The van der Waals surface area contributed by atoms with Crippen molar-refractivity contribution in [2.45, 2.75) is 49.9 Å². The van der Waals surface area contributed by atoms with E-state index in [9.17, 15) is 0 Å². The molecule has 4 fully saturated rings. The van der Waals surface area contributed by atoms with Gasteiger partial charge in [-0.05, 0) is 62.1 Å². The smallest absolute Gasteiger partial charge is 0.230 e. The Morgan fingerprint density at radius 3 is 1.97 bits per heavy atom. The Balaban J connectivity index is 1.37. The Bertz CT molecular complexity index is 1190. The van der Waals surface area contributed by atoms with E-state index < -0.39 is 0 Å². The van der Waals surface area contributed by atoms with E-state index in [1.807, 2.05) is 24.3 Å². The molecule has 176 valence electrons. The molecule has 0 aliphatic carbocycles. The van der Waals surface area contributed by atoms with Gasteiger partial charge < -0.3 is 24.0 Å². The summed E-state index contributed by atoms with van der Waals surface area (Å²) in [6.07, 6.45) is 4.55. The van der Waals surface area contributed by atoms with E-state index in [2.05, 4.69) is 21.9 Å². The van der Waals surface area contributed by atoms with E-state index in [0.29, 0.717) is 24.2 Å². The number of hydrogen-bond donors (Lipinski definition) is 0. The van der Waals surface area contributed by atoms with Gasteiger partial charge in [0.15, 0.2) is 5.65 Å². The first kappa shape index (κ1) is 20.4. The lowest BCUT2D eigenvalue weighted by molar-refractivity contribution is 0.0889. The molecule has 0 radical (unpaired) electrons. The van der Waals surface area contributed by atoms with Crippen LogP contribution in [-0.2, 0) is 9.47 Å². The normalized spacial score (nSPS) is 28.0. The Kier molecular flexibility index (Phi) is 4.84. The summed E-state index contributed by atoms with van der Waals surface area (Å²) in [6, 6.07) is 13.7. The zero-order valence-corrected chi connectivity index (χ0v) is 19.4. The number of hydrogen-bond acceptors (Lipinski definition) is 8. The molecule has 34 heavy (non-hydrogen) atoms. The molecular formula is C26H29N5O3. The van der Waals surface area contributed by atoms with Crippen LogP contribution in [0, 0.1) is 0 Å². The van der Waals surface area contributed by atoms with Gasteiger partial charge in [-0.1, -0.05) is 0 Å². The largest absolute Gasteiger partial charge is 0.497 e. The van der Waals surface area contributed by atoms with E-state index in [0.717, 1.165) is 91.9 Å². The summed E-state index contributed by atoms with van der Waals surface area (Å²) in [5.41, 5.74) is 2.70. The van der Waals surface area contributed by atoms with Crippen LogP contribution >= 0.6 is 0 Å². The number of benzene rings is 1. The molecule has 8 heteroatoms. The van der Waals surface area contributed by atoms with Crippen molar-refractivity contribution in [1.29, 1.82) is 0 Å². The summed E-state index contributed by atoms with van der Waals surface area (Å²) in [4.78, 5) is 20.2. The van der Waals surface area contributed by atoms with Crippen molar-refractivity contribution >= 4 is 22.8 Å². The Morgan fingerprint density at radius 2 is 1.35 bits per heavy atom. The second-order valence-electron chi connectivity index (χ2n) is 9.80. The lowest BCUT2D eigenvalue weighted by Crippen LogP contribution is -2.48. The predicted octanol–water partition coefficient (Wildman–Crippen LogP) is 3.44. The van der Waals surface area contributed by atoms with Crippen molar-refractivity contribution < 1.29 is 14.2 Å². The van der Waals surface area contributed by atoms with Crippen LogP contribution in [-0.4, -0.2) is 72.7 Å². The highest BCUT2D eigenvalue weighted by atomic mass is 16.5. The number of rotatable bonds is 4. The van der Waals surface area contributed by atoms with Crippen LogP contribution in [0.2, 0.25) is 0 Å². The third-order valence-corrected chi connectivity index (χ3v) is 7.87. The third kappa shape index (κ3) is 3.23. The minimum atomic E-state index is 0.343. The van der Waals surface area contributed by atoms with E-state index in [1.165, 1.54) is 0 Å². The summed E-state index contributed by atoms with van der Waals surface area (Å²) in [5.74, 6) is 2.64. The molecule has 1 aromatic carbocycles. The molecule has 0 spiro atoms. The molecule has 2 aromatic heterocycles. The van der Waals surface area contributed by atoms with Crippen LogP contribution in [0.4, 0.5) is 11.8 Å². The van der Waals surface area contributed by atoms with Gasteiger partial charge in [0.25, 0.3) is 0 Å². The fourth-order valence-electron chi connectivity index (χ4n) is 6.15. The lowest BCUT2D eigenvalue weighted by atomic mass is 10.1. The number of pyridine rings is 1. The number of fused-ring (bicyclic) bond motifs is 5. The molecule has 0 amide bonds. The first-order valence-corrected chi connectivity index (χ1v) is 12.3. The molecule has 4 atom stereocenters. The molecule has 3 aromatic rings. The first-order chi connectivity index (χ1) is 16.8. The molecule has 6 heterocycles. The van der Waals surface area contributed by atoms with E-state index in [1.54, 1.807) is 7.11 Å². The summed E-state index contributed by atoms with van der Waals surface area (Å²) in [7, 11) is 1.68. The van der Waals surface area contributed by atoms with Crippen molar-refractivity contribution in [2.75, 3.05) is 43.3 Å². The monoisotopic (exact) mass is 459 g/mol. The predicted molar refractivity (Wildman–Crippen MR) is 130 cm³/mol. The molecular weight excluding hydrogens is 430 g/mol. The second-order valence-corrected chi connectivity index (χ2v) is 9.80. The minimum Gasteiger partial charge on any atom is -0.497 e. The van der Waals surface area contributed by atoms with E-state index in [-0.39, 0.29) is 0 Å². The third-order valence-electron chi connectivity index (χ3n) is 7.87. The van der Waals surface area contributed by atoms with Gasteiger partial charge in [-0.25, -0.2) is 4.98 Å². The fourth-order valence-corrected chi connectivity index (χ4v) is 6.15. The lowest BCUT2D eigenvalue weighted by Gasteiger charge is -2.38. The van der Waals surface area contributed by atoms with Gasteiger partial charge in [-0.2, -0.15) is 9.97 Å². The molecule has 0 N–H and O–H groups in total. The van der Waals surface area contributed by atoms with Crippen LogP contribution < -0.4 is 14.5 Å². The van der Waals surface area contributed by atoms with Gasteiger partial charge in [0.05, 0.1) is 68.8 Å². The number of ether oxygens (including phenoxy) is 3. The van der Waals surface area contributed by atoms with Gasteiger partial charge in [0.2, 0.25) is 5.95 Å². The Hall–Kier alpha value is -2.97. The Labute approximate surface area is 198 Å². The number of aromatic nitrogens is 3. The van der Waals surface area contributed by atoms with Crippen LogP contribution in [0.3, 0.4) is 0 Å². The van der Waals surface area contributed by atoms with Gasteiger partial charge >= 0.3 is 0 Å². The van der Waals surface area contributed by atoms with Crippen LogP contribution in [0.5, 0.6) is 5.75 Å². The van der Waals surface area contributed by atoms with Gasteiger partial charge in [-0.15, -0.1) is 0 Å². The molecule has 8 nitrogen and oxygen atoms in total. The standard InChI is InChI=1S/C26H29N5O3/c1-32-21-8-2-16(3-9-21)23-11-10-22-24(27-23)28-26(31-19-6-7-20(31)15-34-14-19)29-25(22)30-17-4-5-18(30)13-33-12-17/h2-3,8-11,17-20H,4-7,12-15H2,1H3. The Morgan fingerprint density at radius 1 is 0.735 bits per heavy atom. The van der Waals surface area contributed by atoms with Crippen molar-refractivity contribution in [2.24, 2.45) is 0 Å². The minimum absolute atomic E-state index is 0.343. The first-order valence-electron chi connectivity index (χ1n) is 12.3. The molecule has 4 unspecified atom stereocenters. The highest BCUT2D eigenvalue weighted by Crippen LogP contribution is 2.39. The summed E-state index contributed by atoms with van der Waals surface area (Å²) >= 11 is 0. The van der Waals surface area contributed by atoms with Crippen molar-refractivity contribution in [1.82, 2.24) is 15.0 Å². The number of methoxy groups -OCH3 is 1. The second kappa shape index (κ2) is 8.06. The maximum absolute atomic E-state index is 5.87. The topological polar surface area (TPSA) is 72.8 Å². The molecule has 7 rings (SSSR count). The van der Waals surface area contributed by atoms with Crippen molar-refractivity contribution in [3.8, 4) is 17.0 Å². The quantitative estimate of drug-likeness (QED) is 0.588. The SMILES string of the molecule is COc1ccc(-c2ccc3c(N4C5CCC4COC5)nc(N4C5CCC4COC5)nc3n2)cc1. The van der Waals surface area contributed by atoms with Crippen LogP contribution in [0.1, 0.15) is 25.7 Å². The van der Waals surface area contributed by atoms with Crippen molar-refractivity contribution in [3.05, 3.63) is 36.4 Å². The number of morpholine rings is 2. The van der Waals surface area contributed by atoms with Gasteiger partial charge in [0.1, 0.15) is 11.6 Å². The van der Waals surface area contributed by atoms with Gasteiger partial charge in [0, 0.05) is 5.56 Å². The summed E-state index contributed by atoms with van der Waals surface area (Å²) in [5, 5.41) is 1.01. The van der Waals surface area contributed by atoms with E-state index in [4.69, 9.17) is 29.2 Å².